The van der Waals surface area contributed by atoms with E-state index in [1.165, 1.54) is 5.56 Å². The van der Waals surface area contributed by atoms with Crippen molar-refractivity contribution < 1.29 is 4.79 Å². The Hall–Kier alpha value is -3.25. The van der Waals surface area contributed by atoms with Gasteiger partial charge < -0.3 is 9.88 Å². The Balaban J connectivity index is 1.39. The van der Waals surface area contributed by atoms with Crippen molar-refractivity contribution in [2.45, 2.75) is 19.2 Å². The van der Waals surface area contributed by atoms with Crippen molar-refractivity contribution >= 4 is 17.7 Å². The molecule has 0 spiro atoms. The van der Waals surface area contributed by atoms with Gasteiger partial charge in [-0.25, -0.2) is 4.68 Å². The zero-order chi connectivity index (χ0) is 20.8. The molecule has 2 aromatic carbocycles. The van der Waals surface area contributed by atoms with Crippen LogP contribution in [0.3, 0.4) is 0 Å². The van der Waals surface area contributed by atoms with Gasteiger partial charge >= 0.3 is 0 Å². The standard InChI is InChI=1S/C24H24N4OS/c1-19-9-11-20(12-10-19)15-25-23(29)18-30-17-21-16-26-28(22-7-3-2-4-8-22)24(21)27-13-5-6-14-27/h2-14,16H,15,17-18H2,1H3,(H,25,29). The maximum absolute atomic E-state index is 12.3. The molecule has 0 saturated heterocycles. The molecule has 5 nitrogen and oxygen atoms in total. The first-order valence-electron chi connectivity index (χ1n) is 9.86. The number of thioether (sulfide) groups is 1. The molecule has 1 N–H and O–H groups in total. The van der Waals surface area contributed by atoms with Gasteiger partial charge in [-0.2, -0.15) is 5.10 Å². The van der Waals surface area contributed by atoms with Gasteiger partial charge in [-0.3, -0.25) is 4.79 Å². The van der Waals surface area contributed by atoms with E-state index in [4.69, 9.17) is 0 Å². The zero-order valence-corrected chi connectivity index (χ0v) is 17.7. The van der Waals surface area contributed by atoms with E-state index in [2.05, 4.69) is 34.0 Å². The number of amides is 1. The number of aryl methyl sites for hydroxylation is 1. The minimum Gasteiger partial charge on any atom is -0.351 e. The minimum absolute atomic E-state index is 0.0403. The molecule has 0 unspecified atom stereocenters. The lowest BCUT2D eigenvalue weighted by molar-refractivity contribution is -0.118. The lowest BCUT2D eigenvalue weighted by atomic mass is 10.1. The maximum atomic E-state index is 12.3. The van der Waals surface area contributed by atoms with Crippen molar-refractivity contribution in [1.29, 1.82) is 0 Å². The second kappa shape index (κ2) is 9.50. The highest BCUT2D eigenvalue weighted by atomic mass is 32.2. The summed E-state index contributed by atoms with van der Waals surface area (Å²) in [5, 5.41) is 7.60. The van der Waals surface area contributed by atoms with Gasteiger partial charge in [0.25, 0.3) is 0 Å². The summed E-state index contributed by atoms with van der Waals surface area (Å²) >= 11 is 1.59. The smallest absolute Gasteiger partial charge is 0.230 e. The van der Waals surface area contributed by atoms with Crippen LogP contribution in [-0.2, 0) is 17.1 Å². The van der Waals surface area contributed by atoms with Crippen molar-refractivity contribution in [3.8, 4) is 11.5 Å². The Morgan fingerprint density at radius 3 is 2.47 bits per heavy atom. The van der Waals surface area contributed by atoms with E-state index >= 15 is 0 Å². The van der Waals surface area contributed by atoms with Crippen molar-refractivity contribution in [3.05, 3.63) is 102 Å². The first-order valence-corrected chi connectivity index (χ1v) is 11.0. The molecule has 0 aliphatic carbocycles. The number of rotatable bonds is 8. The average molecular weight is 417 g/mol. The van der Waals surface area contributed by atoms with Crippen LogP contribution in [0.25, 0.3) is 11.5 Å². The number of hydrogen-bond donors (Lipinski definition) is 1. The van der Waals surface area contributed by atoms with Gasteiger partial charge in [0, 0.05) is 30.3 Å². The molecule has 4 aromatic rings. The topological polar surface area (TPSA) is 51.9 Å². The molecule has 4 rings (SSSR count). The van der Waals surface area contributed by atoms with E-state index in [1.807, 2.05) is 77.9 Å². The van der Waals surface area contributed by atoms with Gasteiger partial charge in [0.05, 0.1) is 17.6 Å². The monoisotopic (exact) mass is 416 g/mol. The molecule has 1 amide bonds. The van der Waals surface area contributed by atoms with Crippen molar-refractivity contribution in [2.24, 2.45) is 0 Å². The quantitative estimate of drug-likeness (QED) is 0.459. The Labute approximate surface area is 180 Å². The number of nitrogens with one attached hydrogen (secondary N) is 1. The molecular formula is C24H24N4OS. The van der Waals surface area contributed by atoms with Gasteiger partial charge in [0.2, 0.25) is 5.91 Å². The summed E-state index contributed by atoms with van der Waals surface area (Å²) in [6.45, 7) is 2.61. The molecule has 0 bridgehead atoms. The van der Waals surface area contributed by atoms with Crippen LogP contribution in [0.15, 0.2) is 85.3 Å². The summed E-state index contributed by atoms with van der Waals surface area (Å²) in [7, 11) is 0. The summed E-state index contributed by atoms with van der Waals surface area (Å²) < 4.78 is 4.00. The van der Waals surface area contributed by atoms with Gasteiger partial charge in [-0.05, 0) is 36.8 Å². The lowest BCUT2D eigenvalue weighted by Crippen LogP contribution is -2.24. The zero-order valence-electron chi connectivity index (χ0n) is 16.9. The molecule has 30 heavy (non-hydrogen) atoms. The van der Waals surface area contributed by atoms with Crippen molar-refractivity contribution in [3.63, 3.8) is 0 Å². The van der Waals surface area contributed by atoms with Crippen LogP contribution in [-0.4, -0.2) is 26.0 Å². The fraction of sp³-hybridized carbons (Fsp3) is 0.167. The molecule has 2 aromatic heterocycles. The Morgan fingerprint density at radius 1 is 1.00 bits per heavy atom. The fourth-order valence-electron chi connectivity index (χ4n) is 3.20. The molecule has 2 heterocycles. The first kappa shape index (κ1) is 20.0. The van der Waals surface area contributed by atoms with Crippen LogP contribution >= 0.6 is 11.8 Å². The summed E-state index contributed by atoms with van der Waals surface area (Å²) in [5.74, 6) is 2.16. The predicted molar refractivity (Wildman–Crippen MR) is 122 cm³/mol. The van der Waals surface area contributed by atoms with E-state index in [1.54, 1.807) is 11.8 Å². The molecule has 0 fully saturated rings. The Morgan fingerprint density at radius 2 is 1.73 bits per heavy atom. The normalized spacial score (nSPS) is 10.8. The number of para-hydroxylation sites is 1. The predicted octanol–water partition coefficient (Wildman–Crippen LogP) is 4.52. The fourth-order valence-corrected chi connectivity index (χ4v) is 4.01. The largest absolute Gasteiger partial charge is 0.351 e. The second-order valence-corrected chi connectivity index (χ2v) is 8.07. The summed E-state index contributed by atoms with van der Waals surface area (Å²) in [6.07, 6.45) is 5.91. The van der Waals surface area contributed by atoms with Crippen LogP contribution in [0.4, 0.5) is 0 Å². The van der Waals surface area contributed by atoms with Gasteiger partial charge in [-0.1, -0.05) is 48.0 Å². The third-order valence-electron chi connectivity index (χ3n) is 4.77. The molecule has 0 atom stereocenters. The number of carbonyl (C=O) groups is 1. The van der Waals surface area contributed by atoms with E-state index in [-0.39, 0.29) is 5.91 Å². The molecule has 0 radical (unpaired) electrons. The van der Waals surface area contributed by atoms with Crippen LogP contribution in [0.5, 0.6) is 0 Å². The third-order valence-corrected chi connectivity index (χ3v) is 5.75. The molecule has 0 aliphatic rings. The minimum atomic E-state index is 0.0403. The van der Waals surface area contributed by atoms with E-state index in [0.29, 0.717) is 18.1 Å². The molecule has 0 aliphatic heterocycles. The summed E-state index contributed by atoms with van der Waals surface area (Å²) in [6, 6.07) is 22.3. The lowest BCUT2D eigenvalue weighted by Gasteiger charge is -2.11. The van der Waals surface area contributed by atoms with E-state index < -0.39 is 0 Å². The number of carbonyl (C=O) groups excluding carboxylic acids is 1. The van der Waals surface area contributed by atoms with Crippen LogP contribution in [0, 0.1) is 6.92 Å². The molecule has 152 valence electrons. The molecule has 0 saturated carbocycles. The van der Waals surface area contributed by atoms with Crippen molar-refractivity contribution in [2.75, 3.05) is 5.75 Å². The Kier molecular flexibility index (Phi) is 6.35. The highest BCUT2D eigenvalue weighted by Gasteiger charge is 2.14. The van der Waals surface area contributed by atoms with Gasteiger partial charge in [0.1, 0.15) is 5.82 Å². The van der Waals surface area contributed by atoms with Crippen LogP contribution in [0.2, 0.25) is 0 Å². The summed E-state index contributed by atoms with van der Waals surface area (Å²) in [5.41, 5.74) is 4.42. The number of aromatic nitrogens is 3. The van der Waals surface area contributed by atoms with Crippen LogP contribution < -0.4 is 5.32 Å². The highest BCUT2D eigenvalue weighted by molar-refractivity contribution is 7.99. The van der Waals surface area contributed by atoms with Crippen LogP contribution in [0.1, 0.15) is 16.7 Å². The molecule has 6 heteroatoms. The van der Waals surface area contributed by atoms with E-state index in [0.717, 1.165) is 22.6 Å². The van der Waals surface area contributed by atoms with E-state index in [9.17, 15) is 4.79 Å². The average Bonchev–Trinajstić information content (AvgIpc) is 3.44. The maximum Gasteiger partial charge on any atom is 0.230 e. The SMILES string of the molecule is Cc1ccc(CNC(=O)CSCc2cnn(-c3ccccc3)c2-n2cccc2)cc1. The molecular weight excluding hydrogens is 392 g/mol. The highest BCUT2D eigenvalue weighted by Crippen LogP contribution is 2.23. The number of nitrogens with zero attached hydrogens (tertiary/aromatic N) is 3. The van der Waals surface area contributed by atoms with Gasteiger partial charge in [-0.15, -0.1) is 11.8 Å². The number of benzene rings is 2. The summed E-state index contributed by atoms with van der Waals surface area (Å²) in [4.78, 5) is 12.3. The van der Waals surface area contributed by atoms with Gasteiger partial charge in [0.15, 0.2) is 0 Å². The van der Waals surface area contributed by atoms with Crippen molar-refractivity contribution in [1.82, 2.24) is 19.7 Å². The Bertz CT molecular complexity index is 1090. The second-order valence-electron chi connectivity index (χ2n) is 7.09. The number of hydrogen-bond acceptors (Lipinski definition) is 3. The first-order chi connectivity index (χ1) is 14.7. The third kappa shape index (κ3) is 4.83.